The van der Waals surface area contributed by atoms with Crippen molar-refractivity contribution in [2.24, 2.45) is 0 Å². The van der Waals surface area contributed by atoms with E-state index in [0.717, 1.165) is 38.4 Å². The monoisotopic (exact) mass is 366 g/mol. The van der Waals surface area contributed by atoms with Gasteiger partial charge in [-0.2, -0.15) is 0 Å². The van der Waals surface area contributed by atoms with Gasteiger partial charge in [-0.05, 0) is 23.3 Å². The first kappa shape index (κ1) is 17.5. The molecule has 7 nitrogen and oxygen atoms in total. The summed E-state index contributed by atoms with van der Waals surface area (Å²) in [7, 11) is 0. The molecule has 7 heteroatoms. The number of nitrogens with zero attached hydrogens (tertiary/aromatic N) is 3. The van der Waals surface area contributed by atoms with E-state index in [0.29, 0.717) is 22.3 Å². The number of hydrogen-bond donors (Lipinski definition) is 2. The summed E-state index contributed by atoms with van der Waals surface area (Å²) in [5, 5.41) is 13.9. The zero-order valence-electron chi connectivity index (χ0n) is 15.0. The Labute approximate surface area is 156 Å². The number of fused-ring (bicyclic) bond motifs is 1. The summed E-state index contributed by atoms with van der Waals surface area (Å²) in [6, 6.07) is 13.4. The zero-order chi connectivity index (χ0) is 18.6. The molecule has 1 aliphatic rings. The van der Waals surface area contributed by atoms with Crippen molar-refractivity contribution in [3.8, 4) is 0 Å². The van der Waals surface area contributed by atoms with E-state index < -0.39 is 5.56 Å². The van der Waals surface area contributed by atoms with Gasteiger partial charge in [-0.25, -0.2) is 4.98 Å². The maximum atomic E-state index is 12.0. The van der Waals surface area contributed by atoms with E-state index in [9.17, 15) is 10.0 Å². The van der Waals surface area contributed by atoms with Gasteiger partial charge in [0.2, 0.25) is 0 Å². The van der Waals surface area contributed by atoms with Crippen LogP contribution in [0.3, 0.4) is 0 Å². The van der Waals surface area contributed by atoms with Crippen LogP contribution in [0.25, 0.3) is 11.0 Å². The highest BCUT2D eigenvalue weighted by Gasteiger charge is 2.11. The standard InChI is InChI=1S/C20H22N4O3/c25-19-12-18(17-5-2-6-21-20(17)24(19)26)22-13-15-3-1-4-16(11-15)14-23-7-9-27-10-8-23/h1-6,11-12,22,26H,7-10,13-14H2. The van der Waals surface area contributed by atoms with E-state index in [1.165, 1.54) is 11.6 Å². The molecule has 1 aromatic carbocycles. The first-order valence-corrected chi connectivity index (χ1v) is 9.02. The molecule has 0 aliphatic carbocycles. The molecule has 0 amide bonds. The normalized spacial score (nSPS) is 15.1. The molecular formula is C20H22N4O3. The van der Waals surface area contributed by atoms with Gasteiger partial charge in [0, 0.05) is 43.8 Å². The van der Waals surface area contributed by atoms with Crippen molar-refractivity contribution in [2.45, 2.75) is 13.1 Å². The van der Waals surface area contributed by atoms with Crippen LogP contribution in [-0.4, -0.2) is 46.1 Å². The van der Waals surface area contributed by atoms with Crippen molar-refractivity contribution < 1.29 is 9.94 Å². The van der Waals surface area contributed by atoms with Crippen LogP contribution < -0.4 is 10.9 Å². The quantitative estimate of drug-likeness (QED) is 0.673. The van der Waals surface area contributed by atoms with Gasteiger partial charge in [0.15, 0.2) is 5.65 Å². The molecule has 0 atom stereocenters. The van der Waals surface area contributed by atoms with Crippen LogP contribution in [0.15, 0.2) is 53.5 Å². The fraction of sp³-hybridized carbons (Fsp3) is 0.300. The molecule has 0 unspecified atom stereocenters. The summed E-state index contributed by atoms with van der Waals surface area (Å²) in [6.45, 7) is 4.98. The third-order valence-electron chi connectivity index (χ3n) is 4.74. The number of pyridine rings is 2. The van der Waals surface area contributed by atoms with Gasteiger partial charge in [0.25, 0.3) is 5.56 Å². The number of hydrogen-bond acceptors (Lipinski definition) is 6. The molecule has 4 rings (SSSR count). The first-order valence-electron chi connectivity index (χ1n) is 9.02. The van der Waals surface area contributed by atoms with Crippen LogP contribution in [0.5, 0.6) is 0 Å². The van der Waals surface area contributed by atoms with Crippen LogP contribution in [0.2, 0.25) is 0 Å². The Balaban J connectivity index is 1.51. The number of rotatable bonds is 5. The van der Waals surface area contributed by atoms with E-state index in [-0.39, 0.29) is 5.65 Å². The second-order valence-electron chi connectivity index (χ2n) is 6.64. The summed E-state index contributed by atoms with van der Waals surface area (Å²) < 4.78 is 5.97. The molecule has 3 aromatic rings. The van der Waals surface area contributed by atoms with Crippen molar-refractivity contribution in [1.82, 2.24) is 14.6 Å². The molecule has 0 saturated carbocycles. The molecule has 140 valence electrons. The number of aromatic nitrogens is 2. The van der Waals surface area contributed by atoms with E-state index >= 15 is 0 Å². The lowest BCUT2D eigenvalue weighted by atomic mass is 10.1. The Morgan fingerprint density at radius 2 is 1.93 bits per heavy atom. The Morgan fingerprint density at radius 1 is 1.11 bits per heavy atom. The Hall–Kier alpha value is -2.90. The SMILES string of the molecule is O=c1cc(NCc2cccc(CN3CCOCC3)c2)c2cccnc2n1O. The highest BCUT2D eigenvalue weighted by atomic mass is 16.5. The molecule has 2 aromatic heterocycles. The number of morpholine rings is 1. The fourth-order valence-corrected chi connectivity index (χ4v) is 3.34. The molecule has 2 N–H and O–H groups in total. The highest BCUT2D eigenvalue weighted by Crippen LogP contribution is 2.20. The molecule has 0 spiro atoms. The Bertz CT molecular complexity index is 996. The van der Waals surface area contributed by atoms with Crippen LogP contribution in [0.4, 0.5) is 5.69 Å². The average molecular weight is 366 g/mol. The highest BCUT2D eigenvalue weighted by molar-refractivity contribution is 5.88. The number of ether oxygens (including phenoxy) is 1. The predicted molar refractivity (Wildman–Crippen MR) is 103 cm³/mol. The Morgan fingerprint density at radius 3 is 2.78 bits per heavy atom. The van der Waals surface area contributed by atoms with Crippen molar-refractivity contribution in [3.05, 3.63) is 70.1 Å². The third-order valence-corrected chi connectivity index (χ3v) is 4.74. The molecule has 3 heterocycles. The topological polar surface area (TPSA) is 79.6 Å². The van der Waals surface area contributed by atoms with E-state index in [4.69, 9.17) is 4.74 Å². The summed E-state index contributed by atoms with van der Waals surface area (Å²) in [5.41, 5.74) is 2.78. The van der Waals surface area contributed by atoms with Gasteiger partial charge in [0.05, 0.1) is 18.9 Å². The van der Waals surface area contributed by atoms with E-state index in [1.807, 2.05) is 6.07 Å². The van der Waals surface area contributed by atoms with Crippen LogP contribution in [-0.2, 0) is 17.8 Å². The molecule has 1 saturated heterocycles. The average Bonchev–Trinajstić information content (AvgIpc) is 2.71. The molecule has 0 radical (unpaired) electrons. The van der Waals surface area contributed by atoms with E-state index in [2.05, 4.69) is 39.5 Å². The lowest BCUT2D eigenvalue weighted by Gasteiger charge is -2.26. The summed E-state index contributed by atoms with van der Waals surface area (Å²) in [5.74, 6) is 0. The lowest BCUT2D eigenvalue weighted by Crippen LogP contribution is -2.35. The minimum atomic E-state index is -0.509. The molecule has 1 aliphatic heterocycles. The predicted octanol–water partition coefficient (Wildman–Crippen LogP) is 2.08. The molecule has 0 bridgehead atoms. The number of anilines is 1. The maximum Gasteiger partial charge on any atom is 0.286 e. The van der Waals surface area contributed by atoms with Crippen LogP contribution in [0.1, 0.15) is 11.1 Å². The van der Waals surface area contributed by atoms with Gasteiger partial charge in [0.1, 0.15) is 0 Å². The second kappa shape index (κ2) is 7.77. The lowest BCUT2D eigenvalue weighted by molar-refractivity contribution is 0.0342. The van der Waals surface area contributed by atoms with Gasteiger partial charge in [-0.3, -0.25) is 9.69 Å². The van der Waals surface area contributed by atoms with Gasteiger partial charge in [-0.15, -0.1) is 4.73 Å². The van der Waals surface area contributed by atoms with Crippen LogP contribution in [0, 0.1) is 0 Å². The number of benzene rings is 1. The maximum absolute atomic E-state index is 12.0. The van der Waals surface area contributed by atoms with Gasteiger partial charge < -0.3 is 15.3 Å². The van der Waals surface area contributed by atoms with Gasteiger partial charge in [-0.1, -0.05) is 24.3 Å². The Kier molecular flexibility index (Phi) is 5.04. The summed E-state index contributed by atoms with van der Waals surface area (Å²) >= 11 is 0. The summed E-state index contributed by atoms with van der Waals surface area (Å²) in [6.07, 6.45) is 1.55. The smallest absolute Gasteiger partial charge is 0.286 e. The van der Waals surface area contributed by atoms with Crippen molar-refractivity contribution in [3.63, 3.8) is 0 Å². The van der Waals surface area contributed by atoms with Crippen molar-refractivity contribution in [2.75, 3.05) is 31.6 Å². The summed E-state index contributed by atoms with van der Waals surface area (Å²) in [4.78, 5) is 18.4. The molecule has 1 fully saturated rings. The largest absolute Gasteiger partial charge is 0.423 e. The fourth-order valence-electron chi connectivity index (χ4n) is 3.34. The van der Waals surface area contributed by atoms with E-state index in [1.54, 1.807) is 12.3 Å². The second-order valence-corrected chi connectivity index (χ2v) is 6.64. The zero-order valence-corrected chi connectivity index (χ0v) is 15.0. The minimum Gasteiger partial charge on any atom is -0.423 e. The first-order chi connectivity index (χ1) is 13.2. The van der Waals surface area contributed by atoms with Crippen molar-refractivity contribution >= 4 is 16.7 Å². The number of nitrogens with one attached hydrogen (secondary N) is 1. The van der Waals surface area contributed by atoms with Crippen LogP contribution >= 0.6 is 0 Å². The van der Waals surface area contributed by atoms with Gasteiger partial charge >= 0.3 is 0 Å². The third kappa shape index (κ3) is 3.94. The molecular weight excluding hydrogens is 344 g/mol. The molecule has 27 heavy (non-hydrogen) atoms. The van der Waals surface area contributed by atoms with Crippen molar-refractivity contribution in [1.29, 1.82) is 0 Å². The minimum absolute atomic E-state index is 0.244.